The Morgan fingerprint density at radius 1 is 1.32 bits per heavy atom. The van der Waals surface area contributed by atoms with E-state index in [1.165, 1.54) is 11.4 Å². The van der Waals surface area contributed by atoms with E-state index in [4.69, 9.17) is 4.74 Å². The highest BCUT2D eigenvalue weighted by molar-refractivity contribution is 7.89. The first kappa shape index (κ1) is 19.7. The van der Waals surface area contributed by atoms with Gasteiger partial charge in [0, 0.05) is 6.04 Å². The highest BCUT2D eigenvalue weighted by Crippen LogP contribution is 2.27. The van der Waals surface area contributed by atoms with Crippen molar-refractivity contribution >= 4 is 15.9 Å². The number of benzene rings is 1. The number of quaternary nitrogens is 1. The maximum absolute atomic E-state index is 13.0. The van der Waals surface area contributed by atoms with Crippen LogP contribution >= 0.6 is 0 Å². The summed E-state index contributed by atoms with van der Waals surface area (Å²) in [6, 6.07) is 5.26. The van der Waals surface area contributed by atoms with Crippen LogP contribution in [-0.4, -0.2) is 64.5 Å². The standard InChI is InChI=1S/C17H27N3O4S/c1-13(2)18-17(21)12-19-7-9-20(10-8-19)25(22,23)16-11-14(3)5-6-15(16)24-4/h5-6,11,13H,7-10,12H2,1-4H3,(H,18,21)/p+1. The van der Waals surface area contributed by atoms with Crippen molar-refractivity contribution in [3.63, 3.8) is 0 Å². The summed E-state index contributed by atoms with van der Waals surface area (Å²) >= 11 is 0. The van der Waals surface area contributed by atoms with Crippen LogP contribution in [0.1, 0.15) is 19.4 Å². The average Bonchev–Trinajstić information content (AvgIpc) is 2.54. The number of carbonyl (C=O) groups is 1. The zero-order valence-electron chi connectivity index (χ0n) is 15.3. The van der Waals surface area contributed by atoms with Gasteiger partial charge < -0.3 is 15.0 Å². The Kier molecular flexibility index (Phi) is 6.42. The van der Waals surface area contributed by atoms with Gasteiger partial charge in [0.05, 0.1) is 33.3 Å². The molecule has 0 unspecified atom stereocenters. The molecule has 0 spiro atoms. The minimum atomic E-state index is -3.60. The lowest BCUT2D eigenvalue weighted by molar-refractivity contribution is -0.895. The Morgan fingerprint density at radius 2 is 1.96 bits per heavy atom. The third kappa shape index (κ3) is 4.93. The molecule has 2 rings (SSSR count). The zero-order chi connectivity index (χ0) is 18.6. The zero-order valence-corrected chi connectivity index (χ0v) is 16.1. The molecule has 1 aliphatic rings. The molecular formula is C17H28N3O4S+. The monoisotopic (exact) mass is 370 g/mol. The summed E-state index contributed by atoms with van der Waals surface area (Å²) in [6.07, 6.45) is 0. The van der Waals surface area contributed by atoms with E-state index in [1.54, 1.807) is 12.1 Å². The molecule has 2 N–H and O–H groups in total. The van der Waals surface area contributed by atoms with Gasteiger partial charge in [0.1, 0.15) is 10.6 Å². The smallest absolute Gasteiger partial charge is 0.275 e. The first-order valence-corrected chi connectivity index (χ1v) is 9.95. The lowest BCUT2D eigenvalue weighted by atomic mass is 10.2. The van der Waals surface area contributed by atoms with Crippen molar-refractivity contribution in [3.8, 4) is 5.75 Å². The Labute approximate surface area is 150 Å². The summed E-state index contributed by atoms with van der Waals surface area (Å²) in [6.45, 7) is 8.08. The number of nitrogens with zero attached hydrogens (tertiary/aromatic N) is 1. The molecule has 1 aromatic carbocycles. The minimum absolute atomic E-state index is 0.00154. The summed E-state index contributed by atoms with van der Waals surface area (Å²) in [5.41, 5.74) is 0.869. The molecule has 1 aromatic rings. The van der Waals surface area contributed by atoms with Crippen LogP contribution < -0.4 is 15.0 Å². The quantitative estimate of drug-likeness (QED) is 0.702. The Hall–Kier alpha value is -1.64. The summed E-state index contributed by atoms with van der Waals surface area (Å²) in [5.74, 6) is 0.360. The molecule has 0 bridgehead atoms. The topological polar surface area (TPSA) is 80.2 Å². The van der Waals surface area contributed by atoms with E-state index < -0.39 is 10.0 Å². The predicted molar refractivity (Wildman–Crippen MR) is 95.3 cm³/mol. The van der Waals surface area contributed by atoms with Crippen LogP contribution in [0.4, 0.5) is 0 Å². The van der Waals surface area contributed by atoms with Crippen LogP contribution in [0.5, 0.6) is 5.75 Å². The van der Waals surface area contributed by atoms with Crippen molar-refractivity contribution in [1.29, 1.82) is 0 Å². The molecule has 140 valence electrons. The van der Waals surface area contributed by atoms with E-state index in [0.29, 0.717) is 38.5 Å². The maximum Gasteiger partial charge on any atom is 0.275 e. The molecule has 1 amide bonds. The van der Waals surface area contributed by atoms with Crippen LogP contribution in [-0.2, 0) is 14.8 Å². The van der Waals surface area contributed by atoms with Gasteiger partial charge in [-0.15, -0.1) is 0 Å². The molecule has 0 atom stereocenters. The van der Waals surface area contributed by atoms with Gasteiger partial charge in [-0.1, -0.05) is 6.07 Å². The van der Waals surface area contributed by atoms with Crippen molar-refractivity contribution < 1.29 is 22.8 Å². The second-order valence-electron chi connectivity index (χ2n) is 6.71. The molecule has 1 heterocycles. The van der Waals surface area contributed by atoms with Crippen molar-refractivity contribution in [3.05, 3.63) is 23.8 Å². The number of hydrogen-bond donors (Lipinski definition) is 2. The Balaban J connectivity index is 2.04. The summed E-state index contributed by atoms with van der Waals surface area (Å²) in [7, 11) is -2.13. The molecule has 0 aliphatic carbocycles. The van der Waals surface area contributed by atoms with E-state index in [0.717, 1.165) is 10.5 Å². The molecule has 0 radical (unpaired) electrons. The van der Waals surface area contributed by atoms with Crippen LogP contribution in [0.25, 0.3) is 0 Å². The number of piperazine rings is 1. The molecule has 8 heteroatoms. The second kappa shape index (κ2) is 8.16. The molecule has 25 heavy (non-hydrogen) atoms. The predicted octanol–water partition coefficient (Wildman–Crippen LogP) is -0.583. The second-order valence-corrected chi connectivity index (χ2v) is 8.61. The van der Waals surface area contributed by atoms with Gasteiger partial charge in [-0.3, -0.25) is 4.79 Å². The van der Waals surface area contributed by atoms with Gasteiger partial charge in [-0.05, 0) is 38.5 Å². The number of carbonyl (C=O) groups excluding carboxylic acids is 1. The summed E-state index contributed by atoms with van der Waals surface area (Å²) in [5, 5.41) is 2.87. The molecule has 1 fully saturated rings. The first-order chi connectivity index (χ1) is 11.7. The fourth-order valence-corrected chi connectivity index (χ4v) is 4.63. The van der Waals surface area contributed by atoms with Crippen LogP contribution in [0.15, 0.2) is 23.1 Å². The van der Waals surface area contributed by atoms with Crippen molar-refractivity contribution in [1.82, 2.24) is 9.62 Å². The van der Waals surface area contributed by atoms with Gasteiger partial charge in [0.2, 0.25) is 10.0 Å². The highest BCUT2D eigenvalue weighted by atomic mass is 32.2. The molecular weight excluding hydrogens is 342 g/mol. The fourth-order valence-electron chi connectivity index (χ4n) is 2.94. The average molecular weight is 370 g/mol. The third-order valence-corrected chi connectivity index (χ3v) is 6.15. The summed E-state index contributed by atoms with van der Waals surface area (Å²) in [4.78, 5) is 13.2. The van der Waals surface area contributed by atoms with Crippen molar-refractivity contribution in [2.75, 3.05) is 39.8 Å². The maximum atomic E-state index is 13.0. The molecule has 1 saturated heterocycles. The van der Waals surface area contributed by atoms with Gasteiger partial charge in [-0.2, -0.15) is 4.31 Å². The van der Waals surface area contributed by atoms with E-state index in [2.05, 4.69) is 5.32 Å². The molecule has 7 nitrogen and oxygen atoms in total. The van der Waals surface area contributed by atoms with E-state index in [9.17, 15) is 13.2 Å². The number of rotatable bonds is 6. The van der Waals surface area contributed by atoms with Crippen molar-refractivity contribution in [2.24, 2.45) is 0 Å². The number of nitrogens with one attached hydrogen (secondary N) is 2. The molecule has 0 aromatic heterocycles. The third-order valence-electron chi connectivity index (χ3n) is 4.23. The van der Waals surface area contributed by atoms with E-state index in [1.807, 2.05) is 26.8 Å². The van der Waals surface area contributed by atoms with Gasteiger partial charge >= 0.3 is 0 Å². The van der Waals surface area contributed by atoms with Gasteiger partial charge in [0.25, 0.3) is 5.91 Å². The fraction of sp³-hybridized carbons (Fsp3) is 0.588. The molecule has 0 saturated carbocycles. The summed E-state index contributed by atoms with van der Waals surface area (Å²) < 4.78 is 32.6. The minimum Gasteiger partial charge on any atom is -0.495 e. The van der Waals surface area contributed by atoms with Gasteiger partial charge in [-0.25, -0.2) is 8.42 Å². The Bertz CT molecular complexity index is 711. The van der Waals surface area contributed by atoms with Crippen LogP contribution in [0, 0.1) is 6.92 Å². The normalized spacial score (nSPS) is 16.8. The van der Waals surface area contributed by atoms with Crippen LogP contribution in [0.2, 0.25) is 0 Å². The Morgan fingerprint density at radius 3 is 2.52 bits per heavy atom. The van der Waals surface area contributed by atoms with Gasteiger partial charge in [0.15, 0.2) is 6.54 Å². The van der Waals surface area contributed by atoms with E-state index in [-0.39, 0.29) is 16.8 Å². The molecule has 1 aliphatic heterocycles. The van der Waals surface area contributed by atoms with E-state index >= 15 is 0 Å². The highest BCUT2D eigenvalue weighted by Gasteiger charge is 2.33. The number of aryl methyl sites for hydroxylation is 1. The number of sulfonamides is 1. The lowest BCUT2D eigenvalue weighted by Gasteiger charge is -2.31. The van der Waals surface area contributed by atoms with Crippen LogP contribution in [0.3, 0.4) is 0 Å². The number of amides is 1. The number of methoxy groups -OCH3 is 1. The van der Waals surface area contributed by atoms with Crippen molar-refractivity contribution in [2.45, 2.75) is 31.7 Å². The largest absolute Gasteiger partial charge is 0.495 e. The SMILES string of the molecule is COc1ccc(C)cc1S(=O)(=O)N1CC[NH+](CC(=O)NC(C)C)CC1. The number of ether oxygens (including phenoxy) is 1. The lowest BCUT2D eigenvalue weighted by Crippen LogP contribution is -3.15. The number of hydrogen-bond acceptors (Lipinski definition) is 4. The first-order valence-electron chi connectivity index (χ1n) is 8.51.